The molecule has 1 aliphatic carbocycles. The van der Waals surface area contributed by atoms with Gasteiger partial charge in [0.25, 0.3) is 0 Å². The van der Waals surface area contributed by atoms with E-state index < -0.39 is 0 Å². The van der Waals surface area contributed by atoms with Crippen LogP contribution in [0, 0.1) is 6.92 Å². The fraction of sp³-hybridized carbons (Fsp3) is 0.667. The molecule has 1 atom stereocenters. The van der Waals surface area contributed by atoms with Crippen molar-refractivity contribution in [3.05, 3.63) is 29.8 Å². The van der Waals surface area contributed by atoms with Crippen molar-refractivity contribution < 1.29 is 9.59 Å². The van der Waals surface area contributed by atoms with Crippen molar-refractivity contribution >= 4 is 17.6 Å². The molecule has 0 spiro atoms. The van der Waals surface area contributed by atoms with Gasteiger partial charge in [-0.2, -0.15) is 0 Å². The Morgan fingerprint density at radius 2 is 1.34 bits per heavy atom. The predicted octanol–water partition coefficient (Wildman–Crippen LogP) is 5.07. The van der Waals surface area contributed by atoms with Crippen LogP contribution in [-0.4, -0.2) is 30.6 Å². The zero-order valence-electron chi connectivity index (χ0n) is 17.9. The van der Waals surface area contributed by atoms with Crippen molar-refractivity contribution in [2.45, 2.75) is 96.1 Å². The van der Waals surface area contributed by atoms with Gasteiger partial charge >= 0.3 is 6.03 Å². The van der Waals surface area contributed by atoms with Gasteiger partial charge in [-0.3, -0.25) is 4.79 Å². The molecule has 2 aliphatic rings. The highest BCUT2D eigenvalue weighted by Crippen LogP contribution is 2.22. The van der Waals surface area contributed by atoms with Crippen LogP contribution in [0.4, 0.5) is 10.5 Å². The minimum atomic E-state index is -0.130. The molecule has 0 bridgehead atoms. The summed E-state index contributed by atoms with van der Waals surface area (Å²) in [6, 6.07) is 7.97. The average molecular weight is 400 g/mol. The Morgan fingerprint density at radius 3 is 1.93 bits per heavy atom. The zero-order valence-corrected chi connectivity index (χ0v) is 17.9. The summed E-state index contributed by atoms with van der Waals surface area (Å²) in [5, 5.41) is 6.24. The zero-order chi connectivity index (χ0) is 20.5. The number of benzene rings is 1. The summed E-state index contributed by atoms with van der Waals surface area (Å²) in [4.78, 5) is 26.8. The van der Waals surface area contributed by atoms with E-state index in [0.29, 0.717) is 13.0 Å². The maximum Gasteiger partial charge on any atom is 0.315 e. The summed E-state index contributed by atoms with van der Waals surface area (Å²) >= 11 is 0. The molecule has 3 amide bonds. The lowest BCUT2D eigenvalue weighted by Crippen LogP contribution is -2.47. The number of urea groups is 1. The standard InChI is InChI=1S/C24H37N3O2/c1-19-13-15-22(16-14-19)27-18-21(17-23(27)28)26-24(29)25-20-11-9-7-5-3-2-4-6-8-10-12-20/h13-16,20-21H,2-12,17-18H2,1H3,(H2,25,26,29)/t21-/m1/s1. The lowest BCUT2D eigenvalue weighted by atomic mass is 9.98. The highest BCUT2D eigenvalue weighted by Gasteiger charge is 2.31. The molecule has 1 saturated carbocycles. The van der Waals surface area contributed by atoms with Crippen molar-refractivity contribution in [1.82, 2.24) is 10.6 Å². The molecule has 2 N–H and O–H groups in total. The van der Waals surface area contributed by atoms with Crippen LogP contribution >= 0.6 is 0 Å². The Labute approximate surface area is 175 Å². The van der Waals surface area contributed by atoms with Crippen LogP contribution in [0.1, 0.15) is 82.6 Å². The summed E-state index contributed by atoms with van der Waals surface area (Å²) in [6.45, 7) is 2.58. The van der Waals surface area contributed by atoms with E-state index in [4.69, 9.17) is 0 Å². The summed E-state index contributed by atoms with van der Waals surface area (Å²) in [7, 11) is 0. The maximum atomic E-state index is 12.6. The van der Waals surface area contributed by atoms with Gasteiger partial charge in [0, 0.05) is 24.7 Å². The number of carbonyl (C=O) groups excluding carboxylic acids is 2. The first-order chi connectivity index (χ1) is 14.1. The Bertz CT molecular complexity index is 647. The number of nitrogens with zero attached hydrogens (tertiary/aromatic N) is 1. The van der Waals surface area contributed by atoms with Crippen LogP contribution in [0.15, 0.2) is 24.3 Å². The van der Waals surface area contributed by atoms with E-state index in [-0.39, 0.29) is 24.0 Å². The van der Waals surface area contributed by atoms with Crippen molar-refractivity contribution in [3.63, 3.8) is 0 Å². The molecule has 1 aromatic rings. The minimum absolute atomic E-state index is 0.0742. The smallest absolute Gasteiger partial charge is 0.315 e. The molecule has 1 aliphatic heterocycles. The Balaban J connectivity index is 1.47. The van der Waals surface area contributed by atoms with Gasteiger partial charge < -0.3 is 15.5 Å². The largest absolute Gasteiger partial charge is 0.335 e. The van der Waals surface area contributed by atoms with E-state index in [2.05, 4.69) is 10.6 Å². The third-order valence-corrected chi connectivity index (χ3v) is 6.25. The van der Waals surface area contributed by atoms with Gasteiger partial charge in [0.1, 0.15) is 0 Å². The van der Waals surface area contributed by atoms with Gasteiger partial charge in [0.2, 0.25) is 5.91 Å². The molecule has 0 unspecified atom stereocenters. The quantitative estimate of drug-likeness (QED) is 0.745. The fourth-order valence-electron chi connectivity index (χ4n) is 4.50. The van der Waals surface area contributed by atoms with Gasteiger partial charge in [0.05, 0.1) is 6.04 Å². The molecule has 0 aromatic heterocycles. The fourth-order valence-corrected chi connectivity index (χ4v) is 4.50. The predicted molar refractivity (Wildman–Crippen MR) is 118 cm³/mol. The third-order valence-electron chi connectivity index (χ3n) is 6.25. The SMILES string of the molecule is Cc1ccc(N2C[C@H](NC(=O)NC3CCCCCCCCCCC3)CC2=O)cc1. The monoisotopic (exact) mass is 399 g/mol. The molecule has 5 nitrogen and oxygen atoms in total. The topological polar surface area (TPSA) is 61.4 Å². The molecule has 3 rings (SSSR count). The van der Waals surface area contributed by atoms with Gasteiger partial charge in [-0.1, -0.05) is 75.5 Å². The van der Waals surface area contributed by atoms with Crippen LogP contribution in [0.2, 0.25) is 0 Å². The number of rotatable bonds is 3. The molecule has 0 radical (unpaired) electrons. The van der Waals surface area contributed by atoms with Crippen LogP contribution in [0.25, 0.3) is 0 Å². The average Bonchev–Trinajstić information content (AvgIpc) is 3.04. The number of aryl methyl sites for hydroxylation is 1. The van der Waals surface area contributed by atoms with Gasteiger partial charge in [-0.25, -0.2) is 4.79 Å². The van der Waals surface area contributed by atoms with E-state index in [1.54, 1.807) is 4.90 Å². The second-order valence-electron chi connectivity index (χ2n) is 8.81. The van der Waals surface area contributed by atoms with Gasteiger partial charge in [-0.05, 0) is 31.9 Å². The lowest BCUT2D eigenvalue weighted by molar-refractivity contribution is -0.117. The summed E-state index contributed by atoms with van der Waals surface area (Å²) in [6.07, 6.45) is 14.1. The van der Waals surface area contributed by atoms with Crippen LogP contribution in [0.3, 0.4) is 0 Å². The molecule has 1 aromatic carbocycles. The molecule has 5 heteroatoms. The van der Waals surface area contributed by atoms with Crippen molar-refractivity contribution in [1.29, 1.82) is 0 Å². The van der Waals surface area contributed by atoms with Gasteiger partial charge in [0.15, 0.2) is 0 Å². The summed E-state index contributed by atoms with van der Waals surface area (Å²) < 4.78 is 0. The Morgan fingerprint density at radius 1 is 0.828 bits per heavy atom. The molecule has 29 heavy (non-hydrogen) atoms. The van der Waals surface area contributed by atoms with Gasteiger partial charge in [-0.15, -0.1) is 0 Å². The minimum Gasteiger partial charge on any atom is -0.335 e. The molecule has 2 fully saturated rings. The Hall–Kier alpha value is -2.04. The summed E-state index contributed by atoms with van der Waals surface area (Å²) in [5.74, 6) is 0.0742. The number of hydrogen-bond donors (Lipinski definition) is 2. The van der Waals surface area contributed by atoms with Crippen molar-refractivity contribution in [3.8, 4) is 0 Å². The Kier molecular flexibility index (Phi) is 8.38. The van der Waals surface area contributed by atoms with Crippen LogP contribution < -0.4 is 15.5 Å². The molecule has 1 heterocycles. The van der Waals surface area contributed by atoms with E-state index in [0.717, 1.165) is 18.5 Å². The second kappa shape index (κ2) is 11.2. The number of nitrogens with one attached hydrogen (secondary N) is 2. The van der Waals surface area contributed by atoms with Crippen LogP contribution in [-0.2, 0) is 4.79 Å². The van der Waals surface area contributed by atoms with E-state index in [1.807, 2.05) is 31.2 Å². The lowest BCUT2D eigenvalue weighted by Gasteiger charge is -2.22. The normalized spacial score (nSPS) is 22.6. The highest BCUT2D eigenvalue weighted by molar-refractivity contribution is 5.96. The molecular formula is C24H37N3O2. The third kappa shape index (κ3) is 7.06. The molecular weight excluding hydrogens is 362 g/mol. The van der Waals surface area contributed by atoms with E-state index >= 15 is 0 Å². The number of amides is 3. The number of anilines is 1. The molecule has 1 saturated heterocycles. The van der Waals surface area contributed by atoms with E-state index in [9.17, 15) is 9.59 Å². The molecule has 160 valence electrons. The number of carbonyl (C=O) groups is 2. The van der Waals surface area contributed by atoms with Crippen molar-refractivity contribution in [2.75, 3.05) is 11.4 Å². The first-order valence-electron chi connectivity index (χ1n) is 11.6. The number of hydrogen-bond acceptors (Lipinski definition) is 2. The van der Waals surface area contributed by atoms with Crippen molar-refractivity contribution in [2.24, 2.45) is 0 Å². The van der Waals surface area contributed by atoms with Crippen LogP contribution in [0.5, 0.6) is 0 Å². The maximum absolute atomic E-state index is 12.6. The first-order valence-corrected chi connectivity index (χ1v) is 11.6. The second-order valence-corrected chi connectivity index (χ2v) is 8.81. The highest BCUT2D eigenvalue weighted by atomic mass is 16.2. The van der Waals surface area contributed by atoms with E-state index in [1.165, 1.54) is 63.4 Å². The summed E-state index contributed by atoms with van der Waals surface area (Å²) in [5.41, 5.74) is 2.08. The first kappa shape index (κ1) is 21.7.